The van der Waals surface area contributed by atoms with Crippen molar-refractivity contribution in [1.29, 1.82) is 0 Å². The molecule has 0 aromatic rings. The number of esters is 1. The first kappa shape index (κ1) is 14.8. The van der Waals surface area contributed by atoms with E-state index in [4.69, 9.17) is 9.79 Å². The monoisotopic (exact) mass is 212 g/mol. The SMILES string of the molecule is C=CC(=O)OCC.COP(=O)(O)O. The molecule has 0 rings (SSSR count). The lowest BCUT2D eigenvalue weighted by atomic mass is 10.6. The highest BCUT2D eigenvalue weighted by molar-refractivity contribution is 7.46. The Morgan fingerprint density at radius 1 is 1.62 bits per heavy atom. The van der Waals surface area contributed by atoms with Crippen LogP contribution in [0.4, 0.5) is 0 Å². The molecular weight excluding hydrogens is 199 g/mol. The summed E-state index contributed by atoms with van der Waals surface area (Å²) in [4.78, 5) is 25.5. The van der Waals surface area contributed by atoms with Crippen molar-refractivity contribution in [2.24, 2.45) is 0 Å². The lowest BCUT2D eigenvalue weighted by molar-refractivity contribution is -0.137. The summed E-state index contributed by atoms with van der Waals surface area (Å²) in [5, 5.41) is 0. The van der Waals surface area contributed by atoms with Gasteiger partial charge in [0.2, 0.25) is 0 Å². The molecule has 0 spiro atoms. The normalized spacial score (nSPS) is 9.54. The molecule has 0 saturated heterocycles. The largest absolute Gasteiger partial charge is 0.469 e. The zero-order chi connectivity index (χ0) is 10.9. The minimum Gasteiger partial charge on any atom is -0.463 e. The quantitative estimate of drug-likeness (QED) is 0.401. The highest BCUT2D eigenvalue weighted by Gasteiger charge is 2.07. The Kier molecular flexibility index (Phi) is 9.06. The molecule has 0 aromatic heterocycles. The van der Waals surface area contributed by atoms with E-state index >= 15 is 0 Å². The van der Waals surface area contributed by atoms with E-state index < -0.39 is 7.82 Å². The van der Waals surface area contributed by atoms with Gasteiger partial charge in [-0.1, -0.05) is 6.58 Å². The summed E-state index contributed by atoms with van der Waals surface area (Å²) in [5.41, 5.74) is 0. The first-order valence-corrected chi connectivity index (χ1v) is 4.80. The smallest absolute Gasteiger partial charge is 0.463 e. The second-order valence-electron chi connectivity index (χ2n) is 1.63. The fourth-order valence-corrected chi connectivity index (χ4v) is 0.201. The number of carbonyl (C=O) groups is 1. The molecule has 2 N–H and O–H groups in total. The van der Waals surface area contributed by atoms with Gasteiger partial charge in [0.05, 0.1) is 6.61 Å². The van der Waals surface area contributed by atoms with Gasteiger partial charge < -0.3 is 14.5 Å². The molecule has 0 amide bonds. The molecule has 0 atom stereocenters. The molecule has 0 radical (unpaired) electrons. The molecule has 0 aromatic carbocycles. The average Bonchev–Trinajstić information content (AvgIpc) is 2.05. The molecule has 13 heavy (non-hydrogen) atoms. The zero-order valence-corrected chi connectivity index (χ0v) is 8.36. The molecule has 0 bridgehead atoms. The van der Waals surface area contributed by atoms with Crippen LogP contribution in [0, 0.1) is 0 Å². The second kappa shape index (κ2) is 7.94. The number of hydrogen-bond acceptors (Lipinski definition) is 4. The summed E-state index contributed by atoms with van der Waals surface area (Å²) in [5.74, 6) is -0.359. The van der Waals surface area contributed by atoms with Crippen LogP contribution in [0.5, 0.6) is 0 Å². The topological polar surface area (TPSA) is 93.1 Å². The third kappa shape index (κ3) is 18.4. The Bertz CT molecular complexity index is 195. The lowest BCUT2D eigenvalue weighted by Crippen LogP contribution is -1.97. The maximum Gasteiger partial charge on any atom is 0.469 e. The fourth-order valence-electron chi connectivity index (χ4n) is 0.201. The van der Waals surface area contributed by atoms with Crippen molar-refractivity contribution in [3.05, 3.63) is 12.7 Å². The standard InChI is InChI=1S/C5H8O2.CH5O4P/c1-3-5(6)7-4-2;1-5-6(2,3)4/h3H,1,4H2,2H3;1H3,(H2,2,3,4). The fraction of sp³-hybridized carbons (Fsp3) is 0.500. The first-order chi connectivity index (χ1) is 5.87. The molecule has 0 aliphatic rings. The molecule has 0 heterocycles. The Labute approximate surface area is 76.4 Å². The van der Waals surface area contributed by atoms with Gasteiger partial charge in [0.1, 0.15) is 0 Å². The molecule has 7 heteroatoms. The van der Waals surface area contributed by atoms with Crippen LogP contribution < -0.4 is 0 Å². The molecule has 6 nitrogen and oxygen atoms in total. The van der Waals surface area contributed by atoms with E-state index in [1.807, 2.05) is 0 Å². The van der Waals surface area contributed by atoms with Crippen LogP contribution in [-0.2, 0) is 18.6 Å². The minimum atomic E-state index is -4.15. The van der Waals surface area contributed by atoms with Gasteiger partial charge in [-0.15, -0.1) is 0 Å². The van der Waals surface area contributed by atoms with E-state index in [1.165, 1.54) is 0 Å². The minimum absolute atomic E-state index is 0.359. The van der Waals surface area contributed by atoms with Crippen molar-refractivity contribution in [1.82, 2.24) is 0 Å². The van der Waals surface area contributed by atoms with Crippen LogP contribution in [0.15, 0.2) is 12.7 Å². The summed E-state index contributed by atoms with van der Waals surface area (Å²) < 4.78 is 17.5. The number of hydrogen-bond donors (Lipinski definition) is 2. The van der Waals surface area contributed by atoms with Crippen LogP contribution >= 0.6 is 7.82 Å². The number of carbonyl (C=O) groups excluding carboxylic acids is 1. The third-order valence-corrected chi connectivity index (χ3v) is 1.17. The van der Waals surface area contributed by atoms with E-state index in [1.54, 1.807) is 6.92 Å². The summed E-state index contributed by atoms with van der Waals surface area (Å²) in [7, 11) is -3.20. The zero-order valence-electron chi connectivity index (χ0n) is 7.47. The van der Waals surface area contributed by atoms with Crippen molar-refractivity contribution in [3.8, 4) is 0 Å². The number of ether oxygens (including phenoxy) is 1. The van der Waals surface area contributed by atoms with E-state index in [0.29, 0.717) is 6.61 Å². The van der Waals surface area contributed by atoms with Crippen LogP contribution in [-0.4, -0.2) is 29.5 Å². The Hall–Kier alpha value is -0.680. The third-order valence-electron chi connectivity index (χ3n) is 0.691. The molecule has 0 saturated carbocycles. The molecule has 78 valence electrons. The van der Waals surface area contributed by atoms with Gasteiger partial charge in [-0.05, 0) is 6.92 Å². The molecule has 0 unspecified atom stereocenters. The molecule has 0 aliphatic carbocycles. The van der Waals surface area contributed by atoms with Gasteiger partial charge >= 0.3 is 13.8 Å². The summed E-state index contributed by atoms with van der Waals surface area (Å²) in [6, 6.07) is 0. The number of phosphoric ester groups is 1. The van der Waals surface area contributed by atoms with E-state index in [-0.39, 0.29) is 5.97 Å². The van der Waals surface area contributed by atoms with Crippen molar-refractivity contribution < 1.29 is 28.4 Å². The van der Waals surface area contributed by atoms with Gasteiger partial charge in [-0.2, -0.15) is 0 Å². The summed E-state index contributed by atoms with van der Waals surface area (Å²) >= 11 is 0. The van der Waals surface area contributed by atoms with E-state index in [9.17, 15) is 9.36 Å². The van der Waals surface area contributed by atoms with Crippen molar-refractivity contribution >= 4 is 13.8 Å². The first-order valence-electron chi connectivity index (χ1n) is 3.27. The molecule has 0 aliphatic heterocycles. The van der Waals surface area contributed by atoms with E-state index in [0.717, 1.165) is 13.2 Å². The van der Waals surface area contributed by atoms with Gasteiger partial charge in [-0.25, -0.2) is 9.36 Å². The van der Waals surface area contributed by atoms with Gasteiger partial charge in [0, 0.05) is 13.2 Å². The summed E-state index contributed by atoms with van der Waals surface area (Å²) in [6.07, 6.45) is 1.14. The Balaban J connectivity index is 0. The molecular formula is C6H13O6P. The van der Waals surface area contributed by atoms with Gasteiger partial charge in [0.15, 0.2) is 0 Å². The van der Waals surface area contributed by atoms with Crippen LogP contribution in [0.3, 0.4) is 0 Å². The van der Waals surface area contributed by atoms with Crippen LogP contribution in [0.2, 0.25) is 0 Å². The van der Waals surface area contributed by atoms with Gasteiger partial charge in [-0.3, -0.25) is 4.52 Å². The van der Waals surface area contributed by atoms with Crippen molar-refractivity contribution in [2.75, 3.05) is 13.7 Å². The van der Waals surface area contributed by atoms with Crippen molar-refractivity contribution in [3.63, 3.8) is 0 Å². The molecule has 0 fully saturated rings. The second-order valence-corrected chi connectivity index (χ2v) is 2.98. The highest BCUT2D eigenvalue weighted by Crippen LogP contribution is 2.33. The summed E-state index contributed by atoms with van der Waals surface area (Å²) in [6.45, 7) is 5.38. The Morgan fingerprint density at radius 2 is 2.00 bits per heavy atom. The van der Waals surface area contributed by atoms with Crippen molar-refractivity contribution in [2.45, 2.75) is 6.92 Å². The predicted molar refractivity (Wildman–Crippen MR) is 45.9 cm³/mol. The Morgan fingerprint density at radius 3 is 2.08 bits per heavy atom. The van der Waals surface area contributed by atoms with Gasteiger partial charge in [0.25, 0.3) is 0 Å². The predicted octanol–water partition coefficient (Wildman–Crippen LogP) is 0.461. The highest BCUT2D eigenvalue weighted by atomic mass is 31.2. The van der Waals surface area contributed by atoms with Crippen LogP contribution in [0.1, 0.15) is 6.92 Å². The average molecular weight is 212 g/mol. The maximum absolute atomic E-state index is 10.1. The van der Waals surface area contributed by atoms with Crippen LogP contribution in [0.25, 0.3) is 0 Å². The van der Waals surface area contributed by atoms with E-state index in [2.05, 4.69) is 15.8 Å². The number of phosphoric acid groups is 1. The number of rotatable bonds is 3. The maximum atomic E-state index is 10.1. The lowest BCUT2D eigenvalue weighted by Gasteiger charge is -1.93.